The summed E-state index contributed by atoms with van der Waals surface area (Å²) < 4.78 is 18.3. The molecular weight excluding hydrogens is 441 g/mol. The number of anilines is 1. The number of benzene rings is 1. The number of carbonyl (C=O) groups excluding carboxylic acids is 1. The summed E-state index contributed by atoms with van der Waals surface area (Å²) in [6.45, 7) is 6.13. The molecule has 1 saturated carbocycles. The van der Waals surface area contributed by atoms with Crippen molar-refractivity contribution in [1.29, 1.82) is 0 Å². The smallest absolute Gasteiger partial charge is 0.341 e. The van der Waals surface area contributed by atoms with E-state index in [4.69, 9.17) is 0 Å². The molecule has 1 saturated heterocycles. The van der Waals surface area contributed by atoms with Crippen LogP contribution in [0.5, 0.6) is 0 Å². The molecule has 178 valence electrons. The van der Waals surface area contributed by atoms with Gasteiger partial charge >= 0.3 is 5.97 Å². The number of carbonyl (C=O) groups is 2. The van der Waals surface area contributed by atoms with Crippen molar-refractivity contribution >= 4 is 28.5 Å². The fourth-order valence-electron chi connectivity index (χ4n) is 4.69. The number of aromatic carboxylic acids is 1. The van der Waals surface area contributed by atoms with Crippen LogP contribution < -0.4 is 10.3 Å². The van der Waals surface area contributed by atoms with Crippen LogP contribution in [0.4, 0.5) is 10.1 Å². The second-order valence-electron chi connectivity index (χ2n) is 9.13. The minimum atomic E-state index is -1.31. The van der Waals surface area contributed by atoms with E-state index in [2.05, 4.69) is 5.10 Å². The Kier molecular flexibility index (Phi) is 5.47. The van der Waals surface area contributed by atoms with E-state index in [1.54, 1.807) is 10.6 Å². The maximum absolute atomic E-state index is 15.1. The Morgan fingerprint density at radius 1 is 1.12 bits per heavy atom. The fourth-order valence-corrected chi connectivity index (χ4v) is 4.69. The van der Waals surface area contributed by atoms with Crippen LogP contribution in [0.3, 0.4) is 0 Å². The molecule has 1 aliphatic heterocycles. The monoisotopic (exact) mass is 467 g/mol. The van der Waals surface area contributed by atoms with Gasteiger partial charge in [0.15, 0.2) is 0 Å². The van der Waals surface area contributed by atoms with Crippen molar-refractivity contribution in [2.75, 3.05) is 37.6 Å². The van der Waals surface area contributed by atoms with Crippen LogP contribution in [-0.4, -0.2) is 69.0 Å². The van der Waals surface area contributed by atoms with Crippen LogP contribution in [0.15, 0.2) is 29.2 Å². The molecule has 0 radical (unpaired) electrons. The first-order valence-electron chi connectivity index (χ1n) is 11.4. The number of carboxylic acids is 1. The van der Waals surface area contributed by atoms with Gasteiger partial charge in [0, 0.05) is 49.5 Å². The number of piperazine rings is 1. The second-order valence-corrected chi connectivity index (χ2v) is 9.13. The summed E-state index contributed by atoms with van der Waals surface area (Å²) in [5.74, 6) is -1.96. The lowest BCUT2D eigenvalue weighted by atomic mass is 10.1. The number of pyridine rings is 1. The van der Waals surface area contributed by atoms with E-state index in [-0.39, 0.29) is 29.4 Å². The summed E-state index contributed by atoms with van der Waals surface area (Å²) in [5.41, 5.74) is 1.52. The number of hydrogen-bond acceptors (Lipinski definition) is 6. The molecule has 0 spiro atoms. The standard InChI is InChI=1S/C24H26FN5O4/c1-14-9-15(2)30(26-14)22(31)13-27-5-7-28(8-6-27)21-11-20-17(10-19(21)25)23(32)18(24(33)34)12-29(20)16-3-4-16/h9-12,16H,3-8,13H2,1-2H3,(H,33,34). The van der Waals surface area contributed by atoms with Gasteiger partial charge < -0.3 is 14.6 Å². The van der Waals surface area contributed by atoms with Crippen LogP contribution in [0.25, 0.3) is 10.9 Å². The van der Waals surface area contributed by atoms with Gasteiger partial charge in [0.2, 0.25) is 5.43 Å². The SMILES string of the molecule is Cc1cc(C)n(C(=O)CN2CCN(c3cc4c(cc3F)c(=O)c(C(=O)O)cn4C3CC3)CC2)n1. The first kappa shape index (κ1) is 22.3. The fraction of sp³-hybridized carbons (Fsp3) is 0.417. The lowest BCUT2D eigenvalue weighted by Crippen LogP contribution is -2.49. The highest BCUT2D eigenvalue weighted by molar-refractivity contribution is 5.93. The number of rotatable bonds is 5. The zero-order valence-corrected chi connectivity index (χ0v) is 19.1. The highest BCUT2D eigenvalue weighted by Gasteiger charge is 2.29. The molecule has 1 N–H and O–H groups in total. The van der Waals surface area contributed by atoms with Crippen LogP contribution in [0.1, 0.15) is 45.4 Å². The Bertz CT molecular complexity index is 1370. The molecule has 2 fully saturated rings. The summed E-state index contributed by atoms with van der Waals surface area (Å²) in [6.07, 6.45) is 3.17. The van der Waals surface area contributed by atoms with Crippen LogP contribution in [-0.2, 0) is 0 Å². The van der Waals surface area contributed by atoms with Gasteiger partial charge in [0.05, 0.1) is 23.4 Å². The summed E-state index contributed by atoms with van der Waals surface area (Å²) in [6, 6.07) is 4.81. The molecule has 1 aliphatic carbocycles. The third-order valence-electron chi connectivity index (χ3n) is 6.59. The van der Waals surface area contributed by atoms with Gasteiger partial charge in [-0.3, -0.25) is 14.5 Å². The number of nitrogens with zero attached hydrogens (tertiary/aromatic N) is 5. The van der Waals surface area contributed by atoms with E-state index < -0.39 is 17.2 Å². The highest BCUT2D eigenvalue weighted by Crippen LogP contribution is 2.38. The van der Waals surface area contributed by atoms with E-state index in [0.717, 1.165) is 30.3 Å². The predicted molar refractivity (Wildman–Crippen MR) is 124 cm³/mol. The third-order valence-corrected chi connectivity index (χ3v) is 6.59. The first-order valence-corrected chi connectivity index (χ1v) is 11.4. The van der Waals surface area contributed by atoms with Crippen LogP contribution in [0, 0.1) is 19.7 Å². The van der Waals surface area contributed by atoms with Crippen molar-refractivity contribution < 1.29 is 19.1 Å². The van der Waals surface area contributed by atoms with Gasteiger partial charge in [-0.2, -0.15) is 5.10 Å². The molecule has 2 aromatic heterocycles. The predicted octanol–water partition coefficient (Wildman–Crippen LogP) is 2.45. The molecule has 1 aromatic carbocycles. The van der Waals surface area contributed by atoms with Crippen molar-refractivity contribution in [2.45, 2.75) is 32.7 Å². The van der Waals surface area contributed by atoms with Gasteiger partial charge in [-0.1, -0.05) is 0 Å². The maximum Gasteiger partial charge on any atom is 0.341 e. The van der Waals surface area contributed by atoms with E-state index >= 15 is 4.39 Å². The molecular formula is C24H26FN5O4. The van der Waals surface area contributed by atoms with Crippen LogP contribution in [0.2, 0.25) is 0 Å². The van der Waals surface area contributed by atoms with E-state index in [1.165, 1.54) is 10.9 Å². The average Bonchev–Trinajstić information content (AvgIpc) is 3.57. The molecule has 10 heteroatoms. The van der Waals surface area contributed by atoms with Gasteiger partial charge in [-0.05, 0) is 44.9 Å². The Labute approximate surface area is 195 Å². The molecule has 0 unspecified atom stereocenters. The molecule has 9 nitrogen and oxygen atoms in total. The molecule has 0 bridgehead atoms. The largest absolute Gasteiger partial charge is 0.477 e. The van der Waals surface area contributed by atoms with Gasteiger partial charge in [0.25, 0.3) is 5.91 Å². The molecule has 5 rings (SSSR count). The van der Waals surface area contributed by atoms with Gasteiger partial charge in [0.1, 0.15) is 11.4 Å². The molecule has 34 heavy (non-hydrogen) atoms. The molecule has 0 amide bonds. The summed E-state index contributed by atoms with van der Waals surface area (Å²) in [4.78, 5) is 40.8. The van der Waals surface area contributed by atoms with E-state index in [9.17, 15) is 19.5 Å². The number of aromatic nitrogens is 3. The third kappa shape index (κ3) is 3.98. The summed E-state index contributed by atoms with van der Waals surface area (Å²) in [7, 11) is 0. The average molecular weight is 468 g/mol. The minimum Gasteiger partial charge on any atom is -0.477 e. The van der Waals surface area contributed by atoms with Crippen molar-refractivity contribution in [3.8, 4) is 0 Å². The number of aryl methyl sites for hydroxylation is 2. The van der Waals surface area contributed by atoms with Gasteiger partial charge in [-0.15, -0.1) is 0 Å². The normalized spacial score (nSPS) is 16.9. The second kappa shape index (κ2) is 8.35. The summed E-state index contributed by atoms with van der Waals surface area (Å²) >= 11 is 0. The number of fused-ring (bicyclic) bond motifs is 1. The number of hydrogen-bond donors (Lipinski definition) is 1. The molecule has 2 aliphatic rings. The van der Waals surface area contributed by atoms with Crippen molar-refractivity contribution in [3.63, 3.8) is 0 Å². The van der Waals surface area contributed by atoms with E-state index in [1.807, 2.05) is 29.7 Å². The van der Waals surface area contributed by atoms with Crippen molar-refractivity contribution in [2.24, 2.45) is 0 Å². The quantitative estimate of drug-likeness (QED) is 0.615. The van der Waals surface area contributed by atoms with E-state index in [0.29, 0.717) is 37.4 Å². The highest BCUT2D eigenvalue weighted by atomic mass is 19.1. The molecule has 3 aromatic rings. The zero-order valence-electron chi connectivity index (χ0n) is 19.1. The lowest BCUT2D eigenvalue weighted by molar-refractivity contribution is 0.0694. The molecule has 3 heterocycles. The lowest BCUT2D eigenvalue weighted by Gasteiger charge is -2.36. The van der Waals surface area contributed by atoms with Crippen molar-refractivity contribution in [3.05, 3.63) is 57.4 Å². The topological polar surface area (TPSA) is 101 Å². The summed E-state index contributed by atoms with van der Waals surface area (Å²) in [5, 5.41) is 13.7. The van der Waals surface area contributed by atoms with Crippen LogP contribution >= 0.6 is 0 Å². The minimum absolute atomic E-state index is 0.0853. The number of carboxylic acid groups (broad SMARTS) is 1. The van der Waals surface area contributed by atoms with Gasteiger partial charge in [-0.25, -0.2) is 13.9 Å². The maximum atomic E-state index is 15.1. The Morgan fingerprint density at radius 3 is 2.41 bits per heavy atom. The Hall–Kier alpha value is -3.53. The Balaban J connectivity index is 1.37. The number of halogens is 1. The Morgan fingerprint density at radius 2 is 1.82 bits per heavy atom. The molecule has 0 atom stereocenters. The zero-order chi connectivity index (χ0) is 24.1. The van der Waals surface area contributed by atoms with Crippen molar-refractivity contribution in [1.82, 2.24) is 19.2 Å². The first-order chi connectivity index (χ1) is 16.2.